The smallest absolute Gasteiger partial charge is 0.213 e. The van der Waals surface area contributed by atoms with Crippen molar-refractivity contribution in [3.63, 3.8) is 0 Å². The predicted molar refractivity (Wildman–Crippen MR) is 165 cm³/mol. The van der Waals surface area contributed by atoms with E-state index in [1.54, 1.807) is 43.1 Å². The zero-order valence-corrected chi connectivity index (χ0v) is 25.5. The third-order valence-electron chi connectivity index (χ3n) is 7.53. The molecule has 0 unspecified atom stereocenters. The molecule has 44 heavy (non-hydrogen) atoms. The number of ether oxygens (including phenoxy) is 4. The molecule has 0 N–H and O–H groups in total. The van der Waals surface area contributed by atoms with Crippen LogP contribution < -0.4 is 14.2 Å². The molecule has 3 aromatic heterocycles. The lowest BCUT2D eigenvalue weighted by molar-refractivity contribution is -0.00654. The van der Waals surface area contributed by atoms with E-state index < -0.39 is 15.1 Å². The number of sulfone groups is 1. The Morgan fingerprint density at radius 2 is 1.61 bits per heavy atom. The van der Waals surface area contributed by atoms with Crippen LogP contribution in [0.1, 0.15) is 31.0 Å². The summed E-state index contributed by atoms with van der Waals surface area (Å²) < 4.78 is 51.5. The van der Waals surface area contributed by atoms with Crippen LogP contribution in [-0.2, 0) is 26.9 Å². The van der Waals surface area contributed by atoms with E-state index in [0.29, 0.717) is 77.6 Å². The van der Waals surface area contributed by atoms with Crippen molar-refractivity contribution in [2.24, 2.45) is 0 Å². The Morgan fingerprint density at radius 1 is 0.886 bits per heavy atom. The Labute approximate surface area is 255 Å². The third-order valence-corrected chi connectivity index (χ3v) is 9.63. The van der Waals surface area contributed by atoms with Crippen LogP contribution in [0.25, 0.3) is 28.5 Å². The first-order valence-corrected chi connectivity index (χ1v) is 16.0. The minimum Gasteiger partial charge on any atom is -0.494 e. The average Bonchev–Trinajstić information content (AvgIpc) is 3.38. The first-order chi connectivity index (χ1) is 21.4. The minimum absolute atomic E-state index is 0.0921. The first kappa shape index (κ1) is 29.5. The summed E-state index contributed by atoms with van der Waals surface area (Å²) >= 11 is 0. The van der Waals surface area contributed by atoms with Crippen LogP contribution in [0.2, 0.25) is 0 Å². The van der Waals surface area contributed by atoms with Gasteiger partial charge in [0, 0.05) is 6.07 Å². The maximum Gasteiger partial charge on any atom is 0.213 e. The normalized spacial score (nSPS) is 16.4. The van der Waals surface area contributed by atoms with Crippen LogP contribution >= 0.6 is 0 Å². The number of imidazole rings is 1. The van der Waals surface area contributed by atoms with Crippen molar-refractivity contribution in [2.45, 2.75) is 43.5 Å². The highest BCUT2D eigenvalue weighted by atomic mass is 32.2. The molecule has 228 valence electrons. The van der Waals surface area contributed by atoms with E-state index in [2.05, 4.69) is 9.97 Å². The maximum absolute atomic E-state index is 13.4. The second-order valence-electron chi connectivity index (χ2n) is 10.4. The summed E-state index contributed by atoms with van der Waals surface area (Å²) in [6.45, 7) is 2.80. The Hall–Kier alpha value is -4.55. The summed E-state index contributed by atoms with van der Waals surface area (Å²) in [7, 11) is -0.393. The van der Waals surface area contributed by atoms with Crippen LogP contribution in [0.15, 0.2) is 72.9 Å². The van der Waals surface area contributed by atoms with E-state index in [9.17, 15) is 8.42 Å². The van der Waals surface area contributed by atoms with Gasteiger partial charge < -0.3 is 18.9 Å². The highest BCUT2D eigenvalue weighted by molar-refractivity contribution is 7.91. The second kappa shape index (κ2) is 12.6. The number of aromatic nitrogens is 5. The van der Waals surface area contributed by atoms with E-state index >= 15 is 0 Å². The van der Waals surface area contributed by atoms with Crippen molar-refractivity contribution in [1.29, 1.82) is 0 Å². The quantitative estimate of drug-likeness (QED) is 0.190. The number of hydrogen-bond acceptors (Lipinski definition) is 10. The first-order valence-electron chi connectivity index (χ1n) is 14.3. The maximum atomic E-state index is 13.4. The van der Waals surface area contributed by atoms with Gasteiger partial charge >= 0.3 is 0 Å². The fourth-order valence-electron chi connectivity index (χ4n) is 5.22. The Morgan fingerprint density at radius 3 is 2.32 bits per heavy atom. The van der Waals surface area contributed by atoms with Gasteiger partial charge in [-0.15, -0.1) is 0 Å². The molecule has 1 fully saturated rings. The van der Waals surface area contributed by atoms with Gasteiger partial charge in [0.1, 0.15) is 22.9 Å². The van der Waals surface area contributed by atoms with Gasteiger partial charge in [0.25, 0.3) is 0 Å². The number of para-hydroxylation sites is 1. The monoisotopic (exact) mass is 615 g/mol. The third kappa shape index (κ3) is 5.95. The topological polar surface area (TPSA) is 128 Å². The molecule has 0 spiro atoms. The van der Waals surface area contributed by atoms with Crippen molar-refractivity contribution < 1.29 is 27.4 Å². The summed E-state index contributed by atoms with van der Waals surface area (Å²) in [6, 6.07) is 20.6. The molecule has 0 aliphatic heterocycles. The molecule has 6 rings (SSSR count). The fourth-order valence-corrected chi connectivity index (χ4v) is 7.02. The number of hydrogen-bond donors (Lipinski definition) is 0. The second-order valence-corrected chi connectivity index (χ2v) is 12.7. The molecule has 0 atom stereocenters. The average molecular weight is 616 g/mol. The predicted octanol–water partition coefficient (Wildman–Crippen LogP) is 4.96. The number of methoxy groups -OCH3 is 2. The highest BCUT2D eigenvalue weighted by Crippen LogP contribution is 2.38. The van der Waals surface area contributed by atoms with Gasteiger partial charge in [0.05, 0.1) is 56.4 Å². The van der Waals surface area contributed by atoms with Crippen molar-refractivity contribution in [3.8, 4) is 34.6 Å². The molecule has 0 bridgehead atoms. The summed E-state index contributed by atoms with van der Waals surface area (Å²) in [6.07, 6.45) is 2.28. The molecule has 0 saturated heterocycles. The van der Waals surface area contributed by atoms with E-state index in [1.165, 1.54) is 6.20 Å². The Bertz CT molecular complexity index is 1850. The van der Waals surface area contributed by atoms with Crippen molar-refractivity contribution >= 4 is 21.1 Å². The van der Waals surface area contributed by atoms with E-state index in [-0.39, 0.29) is 11.9 Å². The van der Waals surface area contributed by atoms with Crippen LogP contribution in [0.4, 0.5) is 0 Å². The summed E-state index contributed by atoms with van der Waals surface area (Å²) in [5, 5.41) is -0.499. The molecule has 11 nitrogen and oxygen atoms in total. The summed E-state index contributed by atoms with van der Waals surface area (Å²) in [5.74, 6) is 1.60. The number of benzene rings is 2. The van der Waals surface area contributed by atoms with Gasteiger partial charge in [-0.25, -0.2) is 28.4 Å². The van der Waals surface area contributed by atoms with Crippen LogP contribution in [0.5, 0.6) is 17.4 Å². The largest absolute Gasteiger partial charge is 0.494 e. The molecule has 0 amide bonds. The van der Waals surface area contributed by atoms with Crippen molar-refractivity contribution in [1.82, 2.24) is 24.5 Å². The molecule has 12 heteroatoms. The number of nitrogens with zero attached hydrogens (tertiary/aromatic N) is 5. The molecule has 1 saturated carbocycles. The molecular formula is C32H33N5O6S. The van der Waals surface area contributed by atoms with E-state index in [4.69, 9.17) is 28.9 Å². The molecule has 2 aromatic carbocycles. The molecule has 0 radical (unpaired) electrons. The van der Waals surface area contributed by atoms with Crippen LogP contribution in [0.3, 0.4) is 0 Å². The lowest BCUT2D eigenvalue weighted by atomic mass is 9.95. The zero-order chi connectivity index (χ0) is 30.7. The molecule has 3 heterocycles. The number of fused-ring (bicyclic) bond motifs is 1. The number of rotatable bonds is 12. The van der Waals surface area contributed by atoms with E-state index in [1.807, 2.05) is 49.4 Å². The van der Waals surface area contributed by atoms with E-state index in [0.717, 1.165) is 5.56 Å². The molecule has 1 aliphatic rings. The molecular weight excluding hydrogens is 582 g/mol. The van der Waals surface area contributed by atoms with Gasteiger partial charge in [-0.05, 0) is 43.5 Å². The summed E-state index contributed by atoms with van der Waals surface area (Å²) in [4.78, 5) is 18.7. The highest BCUT2D eigenvalue weighted by Gasteiger charge is 2.39. The zero-order valence-electron chi connectivity index (χ0n) is 24.7. The number of pyridine rings is 1. The Kier molecular flexibility index (Phi) is 8.45. The Balaban J connectivity index is 1.33. The van der Waals surface area contributed by atoms with Crippen molar-refractivity contribution in [3.05, 3.63) is 84.2 Å². The SMILES string of the molecule is CCOc1cccc(-c2nc3ncc(CS(=O)(=O)C4CC(OCc5ccccc5)C4)nc3n2-c2c(OC)cccc2OC)n1. The van der Waals surface area contributed by atoms with Gasteiger partial charge in [0.2, 0.25) is 5.88 Å². The minimum atomic E-state index is -3.51. The molecule has 5 aromatic rings. The van der Waals surface area contributed by atoms with Gasteiger partial charge in [-0.1, -0.05) is 42.5 Å². The van der Waals surface area contributed by atoms with Crippen molar-refractivity contribution in [2.75, 3.05) is 20.8 Å². The lowest BCUT2D eigenvalue weighted by Crippen LogP contribution is -2.41. The van der Waals surface area contributed by atoms with Crippen LogP contribution in [0, 0.1) is 0 Å². The van der Waals surface area contributed by atoms with Crippen LogP contribution in [-0.4, -0.2) is 65.1 Å². The fraction of sp³-hybridized carbons (Fsp3) is 0.312. The van der Waals surface area contributed by atoms with Gasteiger partial charge in [0.15, 0.2) is 27.0 Å². The van der Waals surface area contributed by atoms with Gasteiger partial charge in [-0.2, -0.15) is 0 Å². The summed E-state index contributed by atoms with van der Waals surface area (Å²) in [5.41, 5.74) is 3.07. The lowest BCUT2D eigenvalue weighted by Gasteiger charge is -2.34. The van der Waals surface area contributed by atoms with Gasteiger partial charge in [-0.3, -0.25) is 4.57 Å². The molecule has 1 aliphatic carbocycles. The standard InChI is InChI=1S/C32H33N5O6S/c1-4-42-28-15-8-12-25(35-28)31-36-30-32(37(31)29-26(40-2)13-9-14-27(29)41-3)34-22(18-33-30)20-44(38,39)24-16-23(17-24)43-19-21-10-6-5-7-11-21/h5-15,18,23-24H,4,16-17,19-20H2,1-3H3.